The molecule has 0 amide bonds. The van der Waals surface area contributed by atoms with Crippen LogP contribution in [-0.4, -0.2) is 28.6 Å². The third kappa shape index (κ3) is 2.58. The van der Waals surface area contributed by atoms with E-state index in [0.717, 1.165) is 44.9 Å². The second-order valence-electron chi connectivity index (χ2n) is 10.1. The van der Waals surface area contributed by atoms with Crippen molar-refractivity contribution in [1.82, 2.24) is 0 Å². The summed E-state index contributed by atoms with van der Waals surface area (Å²) in [6.45, 7) is 7.64. The van der Waals surface area contributed by atoms with Gasteiger partial charge in [0.05, 0.1) is 0 Å². The number of ether oxygens (including phenoxy) is 1. The molecular weight excluding hydrogens is 340 g/mol. The first-order valence-corrected chi connectivity index (χ1v) is 10.7. The van der Waals surface area contributed by atoms with Gasteiger partial charge in [-0.25, -0.2) is 0 Å². The summed E-state index contributed by atoms with van der Waals surface area (Å²) in [5, 5.41) is 11.2. The van der Waals surface area contributed by atoms with Crippen molar-refractivity contribution < 1.29 is 19.4 Å². The van der Waals surface area contributed by atoms with E-state index in [1.165, 1.54) is 12.5 Å². The highest BCUT2D eigenvalue weighted by Gasteiger charge is 2.65. The Morgan fingerprint density at radius 1 is 1.07 bits per heavy atom. The molecule has 0 heterocycles. The van der Waals surface area contributed by atoms with Crippen molar-refractivity contribution in [2.45, 2.75) is 90.8 Å². The molecule has 0 bridgehead atoms. The van der Waals surface area contributed by atoms with E-state index in [1.807, 2.05) is 0 Å². The molecule has 4 heteroatoms. The minimum absolute atomic E-state index is 0.0292. The Kier molecular flexibility index (Phi) is 4.38. The number of Topliss-reactive ketones (excluding diaryl/α,β-unsaturated/α-hetero) is 1. The fourth-order valence-corrected chi connectivity index (χ4v) is 7.56. The Balaban J connectivity index is 1.61. The van der Waals surface area contributed by atoms with Gasteiger partial charge in [-0.3, -0.25) is 9.59 Å². The van der Waals surface area contributed by atoms with Crippen molar-refractivity contribution in [3.8, 4) is 0 Å². The predicted molar refractivity (Wildman–Crippen MR) is 103 cm³/mol. The molecule has 4 aliphatic carbocycles. The summed E-state index contributed by atoms with van der Waals surface area (Å²) in [5.41, 5.74) is 0.235. The van der Waals surface area contributed by atoms with E-state index in [0.29, 0.717) is 24.2 Å². The van der Waals surface area contributed by atoms with Crippen LogP contribution in [0, 0.1) is 28.6 Å². The highest BCUT2D eigenvalue weighted by atomic mass is 16.5. The van der Waals surface area contributed by atoms with Crippen molar-refractivity contribution >= 4 is 11.8 Å². The maximum Gasteiger partial charge on any atom is 0.302 e. The number of hydrogen-bond donors (Lipinski definition) is 1. The summed E-state index contributed by atoms with van der Waals surface area (Å²) in [6.07, 6.45) is 9.96. The Labute approximate surface area is 162 Å². The van der Waals surface area contributed by atoms with Crippen LogP contribution in [0.3, 0.4) is 0 Å². The van der Waals surface area contributed by atoms with Crippen LogP contribution >= 0.6 is 0 Å². The lowest BCUT2D eigenvalue weighted by Gasteiger charge is -2.58. The zero-order valence-electron chi connectivity index (χ0n) is 17.2. The van der Waals surface area contributed by atoms with Crippen molar-refractivity contribution in [2.24, 2.45) is 28.6 Å². The lowest BCUT2D eigenvalue weighted by atomic mass is 9.47. The molecule has 0 aromatic carbocycles. The van der Waals surface area contributed by atoms with Crippen molar-refractivity contribution in [3.05, 3.63) is 11.6 Å². The van der Waals surface area contributed by atoms with Gasteiger partial charge >= 0.3 is 5.97 Å². The summed E-state index contributed by atoms with van der Waals surface area (Å²) in [6, 6.07) is 0. The zero-order chi connectivity index (χ0) is 19.6. The Morgan fingerprint density at radius 2 is 1.78 bits per heavy atom. The van der Waals surface area contributed by atoms with Crippen LogP contribution in [0.25, 0.3) is 0 Å². The van der Waals surface area contributed by atoms with E-state index in [4.69, 9.17) is 4.74 Å². The van der Waals surface area contributed by atoms with Gasteiger partial charge < -0.3 is 9.84 Å². The number of hydrogen-bond acceptors (Lipinski definition) is 4. The molecule has 2 unspecified atom stereocenters. The molecule has 0 aromatic rings. The molecule has 1 N–H and O–H groups in total. The summed E-state index contributed by atoms with van der Waals surface area (Å²) >= 11 is 0. The van der Waals surface area contributed by atoms with Gasteiger partial charge in [0.1, 0.15) is 11.7 Å². The quantitative estimate of drug-likeness (QED) is 0.581. The van der Waals surface area contributed by atoms with Crippen molar-refractivity contribution in [3.63, 3.8) is 0 Å². The van der Waals surface area contributed by atoms with Gasteiger partial charge in [-0.05, 0) is 75.0 Å². The molecule has 4 nitrogen and oxygen atoms in total. The largest absolute Gasteiger partial charge is 0.462 e. The molecular formula is C23H34O4. The van der Waals surface area contributed by atoms with E-state index in [1.54, 1.807) is 6.92 Å². The monoisotopic (exact) mass is 374 g/mol. The maximum absolute atomic E-state index is 12.3. The first-order valence-electron chi connectivity index (χ1n) is 10.7. The lowest BCUT2D eigenvalue weighted by Crippen LogP contribution is -2.57. The van der Waals surface area contributed by atoms with Gasteiger partial charge in [0, 0.05) is 18.8 Å². The first-order chi connectivity index (χ1) is 12.6. The van der Waals surface area contributed by atoms with Gasteiger partial charge in [0.25, 0.3) is 0 Å². The molecule has 0 spiro atoms. The van der Waals surface area contributed by atoms with E-state index < -0.39 is 5.60 Å². The topological polar surface area (TPSA) is 63.6 Å². The molecule has 7 atom stereocenters. The lowest BCUT2D eigenvalue weighted by molar-refractivity contribution is -0.160. The molecule has 27 heavy (non-hydrogen) atoms. The van der Waals surface area contributed by atoms with E-state index >= 15 is 0 Å². The number of carbonyl (C=O) groups excluding carboxylic acids is 2. The molecule has 3 fully saturated rings. The van der Waals surface area contributed by atoms with Crippen LogP contribution < -0.4 is 0 Å². The standard InChI is InChI=1S/C23H34O4/c1-14(24)23(26)12-9-20-18-6-5-16-13-17(27-15(2)25)7-10-21(16,3)19(18)8-11-22(20,23)4/h5,17-20,26H,6-13H2,1-4H3/t17-,18+,19?,20?,21-,22-,23-/m1/s1. The third-order valence-corrected chi connectivity index (χ3v) is 9.13. The van der Waals surface area contributed by atoms with E-state index in [9.17, 15) is 14.7 Å². The molecule has 0 radical (unpaired) electrons. The second-order valence-corrected chi connectivity index (χ2v) is 10.1. The van der Waals surface area contributed by atoms with Gasteiger partial charge in [0.2, 0.25) is 0 Å². The number of allylic oxidation sites excluding steroid dienone is 1. The zero-order valence-corrected chi connectivity index (χ0v) is 17.2. The van der Waals surface area contributed by atoms with Crippen LogP contribution in [0.2, 0.25) is 0 Å². The minimum atomic E-state index is -1.14. The third-order valence-electron chi connectivity index (χ3n) is 9.13. The van der Waals surface area contributed by atoms with Gasteiger partial charge in [-0.1, -0.05) is 25.5 Å². The van der Waals surface area contributed by atoms with Gasteiger partial charge in [-0.2, -0.15) is 0 Å². The molecule has 4 aliphatic rings. The fraction of sp³-hybridized carbons (Fsp3) is 0.826. The number of esters is 1. The normalized spacial score (nSPS) is 48.7. The average Bonchev–Trinajstić information content (AvgIpc) is 2.87. The smallest absolute Gasteiger partial charge is 0.302 e. The highest BCUT2D eigenvalue weighted by molar-refractivity contribution is 5.86. The predicted octanol–water partition coefficient (Wildman–Crippen LogP) is 4.20. The minimum Gasteiger partial charge on any atom is -0.462 e. The SMILES string of the molecule is CC(=O)O[C@@H]1CC[C@]2(C)C(=CC[C@H]3C2CC[C@]2(C)C3CC[C@@]2(O)C(C)=O)C1. The number of fused-ring (bicyclic) bond motifs is 5. The van der Waals surface area contributed by atoms with Crippen LogP contribution in [-0.2, 0) is 14.3 Å². The van der Waals surface area contributed by atoms with Crippen LogP contribution in [0.1, 0.15) is 79.1 Å². The number of ketones is 1. The highest BCUT2D eigenvalue weighted by Crippen LogP contribution is 2.67. The van der Waals surface area contributed by atoms with Crippen LogP contribution in [0.5, 0.6) is 0 Å². The van der Waals surface area contributed by atoms with E-state index in [-0.39, 0.29) is 28.7 Å². The summed E-state index contributed by atoms with van der Waals surface area (Å²) < 4.78 is 5.51. The number of rotatable bonds is 2. The molecule has 3 saturated carbocycles. The van der Waals surface area contributed by atoms with Crippen LogP contribution in [0.15, 0.2) is 11.6 Å². The summed E-state index contributed by atoms with van der Waals surface area (Å²) in [7, 11) is 0. The van der Waals surface area contributed by atoms with Gasteiger partial charge in [-0.15, -0.1) is 0 Å². The Hall–Kier alpha value is -1.16. The Bertz CT molecular complexity index is 696. The summed E-state index contributed by atoms with van der Waals surface area (Å²) in [5.74, 6) is 1.36. The molecule has 150 valence electrons. The number of aliphatic hydroxyl groups is 1. The van der Waals surface area contributed by atoms with Crippen molar-refractivity contribution in [1.29, 1.82) is 0 Å². The number of carbonyl (C=O) groups is 2. The Morgan fingerprint density at radius 3 is 2.44 bits per heavy atom. The molecule has 4 rings (SSSR count). The maximum atomic E-state index is 12.3. The first kappa shape index (κ1) is 19.2. The average molecular weight is 375 g/mol. The molecule has 0 aliphatic heterocycles. The second kappa shape index (κ2) is 6.17. The summed E-state index contributed by atoms with van der Waals surface area (Å²) in [4.78, 5) is 23.7. The molecule has 0 saturated heterocycles. The molecule has 0 aromatic heterocycles. The van der Waals surface area contributed by atoms with Crippen LogP contribution in [0.4, 0.5) is 0 Å². The fourth-order valence-electron chi connectivity index (χ4n) is 7.56. The van der Waals surface area contributed by atoms with E-state index in [2.05, 4.69) is 19.9 Å². The van der Waals surface area contributed by atoms with Crippen molar-refractivity contribution in [2.75, 3.05) is 0 Å². The van der Waals surface area contributed by atoms with Gasteiger partial charge in [0.15, 0.2) is 5.78 Å².